The summed E-state index contributed by atoms with van der Waals surface area (Å²) in [5.41, 5.74) is 0.682. The van der Waals surface area contributed by atoms with Crippen molar-refractivity contribution in [3.05, 3.63) is 47.7 Å². The smallest absolute Gasteiger partial charge is 0.290 e. The van der Waals surface area contributed by atoms with Gasteiger partial charge in [0.05, 0.1) is 11.3 Å². The molecule has 3 aromatic rings. The largest absolute Gasteiger partial charge is 0.487 e. The van der Waals surface area contributed by atoms with Crippen LogP contribution in [-0.4, -0.2) is 11.3 Å². The van der Waals surface area contributed by atoms with Gasteiger partial charge in [0.25, 0.3) is 5.52 Å². The standard InChI is InChI=1S/C15H14N2O4/c1-10(2)19-12-7-3-4-8-13(12)20-14-9-5-6-11-15(14)16-21-17(11)18/h3-10H,1-2H3. The molecule has 0 spiro atoms. The molecule has 0 saturated heterocycles. The molecule has 0 amide bonds. The van der Waals surface area contributed by atoms with Crippen LogP contribution >= 0.6 is 0 Å². The fraction of sp³-hybridized carbons (Fsp3) is 0.200. The molecular formula is C15H14N2O4. The number of rotatable bonds is 4. The highest BCUT2D eigenvalue weighted by Crippen LogP contribution is 2.34. The zero-order chi connectivity index (χ0) is 14.8. The molecule has 1 aromatic heterocycles. The molecule has 0 bridgehead atoms. The topological polar surface area (TPSA) is 71.4 Å². The molecule has 0 unspecified atom stereocenters. The highest BCUT2D eigenvalue weighted by molar-refractivity contribution is 5.78. The summed E-state index contributed by atoms with van der Waals surface area (Å²) in [7, 11) is 0. The first kappa shape index (κ1) is 13.2. The average molecular weight is 286 g/mol. The Labute approximate surface area is 121 Å². The van der Waals surface area contributed by atoms with Crippen LogP contribution < -0.4 is 14.4 Å². The van der Waals surface area contributed by atoms with Gasteiger partial charge in [0.1, 0.15) is 0 Å². The number of nitrogens with zero attached hydrogens (tertiary/aromatic N) is 2. The van der Waals surface area contributed by atoms with Crippen molar-refractivity contribution in [1.29, 1.82) is 0 Å². The van der Waals surface area contributed by atoms with Crippen LogP contribution in [0.3, 0.4) is 0 Å². The maximum absolute atomic E-state index is 11.4. The summed E-state index contributed by atoms with van der Waals surface area (Å²) in [6, 6.07) is 12.4. The fourth-order valence-corrected chi connectivity index (χ4v) is 1.96. The Morgan fingerprint density at radius 3 is 2.52 bits per heavy atom. The van der Waals surface area contributed by atoms with Gasteiger partial charge in [-0.05, 0) is 43.0 Å². The van der Waals surface area contributed by atoms with E-state index in [1.165, 1.54) is 0 Å². The van der Waals surface area contributed by atoms with Crippen LogP contribution in [0.2, 0.25) is 0 Å². The van der Waals surface area contributed by atoms with Gasteiger partial charge in [-0.3, -0.25) is 4.63 Å². The third-order valence-corrected chi connectivity index (χ3v) is 2.81. The minimum absolute atomic E-state index is 0.0291. The van der Waals surface area contributed by atoms with Crippen molar-refractivity contribution in [2.24, 2.45) is 0 Å². The van der Waals surface area contributed by atoms with Gasteiger partial charge in [0.2, 0.25) is 5.52 Å². The summed E-state index contributed by atoms with van der Waals surface area (Å²) in [4.78, 5) is 0.346. The van der Waals surface area contributed by atoms with Crippen LogP contribution in [0.25, 0.3) is 11.0 Å². The molecule has 108 valence electrons. The van der Waals surface area contributed by atoms with E-state index in [1.807, 2.05) is 32.0 Å². The summed E-state index contributed by atoms with van der Waals surface area (Å²) < 4.78 is 16.1. The molecule has 3 rings (SSSR count). The minimum Gasteiger partial charge on any atom is -0.487 e. The summed E-state index contributed by atoms with van der Waals surface area (Å²) in [5, 5.41) is 15.1. The third-order valence-electron chi connectivity index (χ3n) is 2.81. The second-order valence-corrected chi connectivity index (χ2v) is 4.77. The maximum Gasteiger partial charge on any atom is 0.290 e. The number of ether oxygens (including phenoxy) is 2. The summed E-state index contributed by atoms with van der Waals surface area (Å²) in [5.74, 6) is 1.62. The molecule has 0 radical (unpaired) electrons. The van der Waals surface area contributed by atoms with Crippen molar-refractivity contribution in [3.63, 3.8) is 0 Å². The molecule has 2 aromatic carbocycles. The third kappa shape index (κ3) is 2.60. The number of aromatic nitrogens is 2. The second kappa shape index (κ2) is 5.32. The van der Waals surface area contributed by atoms with Crippen molar-refractivity contribution in [2.45, 2.75) is 20.0 Å². The first-order valence-electron chi connectivity index (χ1n) is 6.57. The van der Waals surface area contributed by atoms with Crippen molar-refractivity contribution in [2.75, 3.05) is 0 Å². The average Bonchev–Trinajstić information content (AvgIpc) is 2.83. The van der Waals surface area contributed by atoms with Crippen LogP contribution in [0.15, 0.2) is 47.1 Å². The minimum atomic E-state index is 0.0291. The number of hydrogen-bond donors (Lipinski definition) is 0. The van der Waals surface area contributed by atoms with Gasteiger partial charge in [-0.2, -0.15) is 0 Å². The van der Waals surface area contributed by atoms with E-state index in [4.69, 9.17) is 9.47 Å². The number of para-hydroxylation sites is 2. The molecule has 21 heavy (non-hydrogen) atoms. The van der Waals surface area contributed by atoms with E-state index in [0.29, 0.717) is 33.2 Å². The maximum atomic E-state index is 11.4. The van der Waals surface area contributed by atoms with E-state index in [9.17, 15) is 5.21 Å². The first-order valence-corrected chi connectivity index (χ1v) is 6.57. The lowest BCUT2D eigenvalue weighted by molar-refractivity contribution is -0.782. The van der Waals surface area contributed by atoms with Gasteiger partial charge in [0.15, 0.2) is 17.2 Å². The molecule has 1 heterocycles. The normalized spacial score (nSPS) is 11.0. The molecule has 0 aliphatic rings. The quantitative estimate of drug-likeness (QED) is 0.689. The van der Waals surface area contributed by atoms with E-state index < -0.39 is 0 Å². The zero-order valence-electron chi connectivity index (χ0n) is 11.6. The van der Waals surface area contributed by atoms with Gasteiger partial charge in [0, 0.05) is 0 Å². The molecular weight excluding hydrogens is 272 g/mol. The lowest BCUT2D eigenvalue weighted by Gasteiger charge is -2.14. The van der Waals surface area contributed by atoms with Gasteiger partial charge in [-0.1, -0.05) is 18.2 Å². The lowest BCUT2D eigenvalue weighted by atomic mass is 10.3. The molecule has 0 aliphatic heterocycles. The molecule has 0 saturated carbocycles. The lowest BCUT2D eigenvalue weighted by Crippen LogP contribution is -2.22. The van der Waals surface area contributed by atoms with E-state index in [-0.39, 0.29) is 6.10 Å². The van der Waals surface area contributed by atoms with Gasteiger partial charge < -0.3 is 14.7 Å². The highest BCUT2D eigenvalue weighted by atomic mass is 16.8. The van der Waals surface area contributed by atoms with Crippen molar-refractivity contribution >= 4 is 11.0 Å². The predicted molar refractivity (Wildman–Crippen MR) is 75.2 cm³/mol. The summed E-state index contributed by atoms with van der Waals surface area (Å²) in [6.45, 7) is 3.88. The molecule has 0 aliphatic carbocycles. The number of hydrogen-bond acceptors (Lipinski definition) is 5. The highest BCUT2D eigenvalue weighted by Gasteiger charge is 2.17. The van der Waals surface area contributed by atoms with Crippen molar-refractivity contribution in [3.8, 4) is 17.2 Å². The Morgan fingerprint density at radius 2 is 1.76 bits per heavy atom. The monoisotopic (exact) mass is 286 g/mol. The Kier molecular flexibility index (Phi) is 3.35. The van der Waals surface area contributed by atoms with Crippen LogP contribution in [-0.2, 0) is 0 Å². The van der Waals surface area contributed by atoms with Gasteiger partial charge >= 0.3 is 0 Å². The number of fused-ring (bicyclic) bond motifs is 1. The van der Waals surface area contributed by atoms with Crippen molar-refractivity contribution < 1.29 is 19.0 Å². The Bertz CT molecular complexity index is 767. The Morgan fingerprint density at radius 1 is 1.05 bits per heavy atom. The van der Waals surface area contributed by atoms with E-state index in [1.54, 1.807) is 24.3 Å². The predicted octanol–water partition coefficient (Wildman–Crippen LogP) is 3.04. The second-order valence-electron chi connectivity index (χ2n) is 4.77. The van der Waals surface area contributed by atoms with Crippen LogP contribution in [0.5, 0.6) is 17.2 Å². The first-order chi connectivity index (χ1) is 10.1. The SMILES string of the molecule is CC(C)Oc1ccccc1Oc1cccc2c1no[n+]2[O-]. The molecule has 0 N–H and O–H groups in total. The van der Waals surface area contributed by atoms with Crippen molar-refractivity contribution in [1.82, 2.24) is 5.16 Å². The van der Waals surface area contributed by atoms with Gasteiger partial charge in [-0.15, -0.1) is 0 Å². The molecule has 6 heteroatoms. The fourth-order valence-electron chi connectivity index (χ4n) is 1.96. The van der Waals surface area contributed by atoms with Gasteiger partial charge in [-0.25, -0.2) is 0 Å². The Balaban J connectivity index is 1.99. The zero-order valence-corrected chi connectivity index (χ0v) is 11.6. The van der Waals surface area contributed by atoms with Crippen LogP contribution in [0, 0.1) is 5.21 Å². The molecule has 0 atom stereocenters. The van der Waals surface area contributed by atoms with Crippen LogP contribution in [0.4, 0.5) is 0 Å². The molecule has 0 fully saturated rings. The van der Waals surface area contributed by atoms with E-state index in [0.717, 1.165) is 0 Å². The Hall–Kier alpha value is -2.76. The summed E-state index contributed by atoms with van der Waals surface area (Å²) in [6.07, 6.45) is 0.0291. The van der Waals surface area contributed by atoms with E-state index in [2.05, 4.69) is 9.79 Å². The molecule has 6 nitrogen and oxygen atoms in total. The van der Waals surface area contributed by atoms with Crippen LogP contribution in [0.1, 0.15) is 13.8 Å². The van der Waals surface area contributed by atoms with E-state index >= 15 is 0 Å². The summed E-state index contributed by atoms with van der Waals surface area (Å²) >= 11 is 0. The number of benzene rings is 2.